The van der Waals surface area contributed by atoms with Crippen LogP contribution in [0.4, 0.5) is 0 Å². The summed E-state index contributed by atoms with van der Waals surface area (Å²) in [6, 6.07) is 15.1. The molecular formula is C19H25N3O2. The third kappa shape index (κ3) is 5.93. The van der Waals surface area contributed by atoms with Crippen LogP contribution in [0.3, 0.4) is 0 Å². The Labute approximate surface area is 143 Å². The first-order valence-electron chi connectivity index (χ1n) is 8.18. The van der Waals surface area contributed by atoms with Crippen molar-refractivity contribution in [2.45, 2.75) is 25.8 Å². The molecule has 2 aromatic rings. The van der Waals surface area contributed by atoms with E-state index in [0.29, 0.717) is 25.3 Å². The maximum atomic E-state index is 7.34. The standard InChI is InChI=1S/C19H25N3O2/c20-14-15-4-8-17(9-5-15)23-12-2-1-3-13-24-18-10-6-16(7-11-18)19(21)22/h4-11H,1-3,12-14,20H2,(H3,21,22). The van der Waals surface area contributed by atoms with Crippen molar-refractivity contribution in [3.8, 4) is 11.5 Å². The fraction of sp³-hybridized carbons (Fsp3) is 0.316. The molecule has 5 N–H and O–H groups in total. The van der Waals surface area contributed by atoms with Gasteiger partial charge in [0.1, 0.15) is 17.3 Å². The molecule has 0 aromatic heterocycles. The predicted octanol–water partition coefficient (Wildman–Crippen LogP) is 3.06. The summed E-state index contributed by atoms with van der Waals surface area (Å²) in [5.41, 5.74) is 12.8. The van der Waals surface area contributed by atoms with E-state index in [9.17, 15) is 0 Å². The van der Waals surface area contributed by atoms with Crippen molar-refractivity contribution in [1.82, 2.24) is 0 Å². The number of nitrogen functional groups attached to an aromatic ring is 1. The van der Waals surface area contributed by atoms with Gasteiger partial charge < -0.3 is 20.9 Å². The van der Waals surface area contributed by atoms with Gasteiger partial charge in [-0.25, -0.2) is 0 Å². The monoisotopic (exact) mass is 327 g/mol. The van der Waals surface area contributed by atoms with Gasteiger partial charge in [0.25, 0.3) is 0 Å². The Morgan fingerprint density at radius 3 is 1.75 bits per heavy atom. The van der Waals surface area contributed by atoms with Crippen molar-refractivity contribution in [2.75, 3.05) is 13.2 Å². The molecule has 0 aliphatic carbocycles. The van der Waals surface area contributed by atoms with Crippen LogP contribution >= 0.6 is 0 Å². The lowest BCUT2D eigenvalue weighted by molar-refractivity contribution is 0.279. The van der Waals surface area contributed by atoms with Crippen LogP contribution in [0.25, 0.3) is 0 Å². The molecule has 0 heterocycles. The van der Waals surface area contributed by atoms with E-state index < -0.39 is 0 Å². The second-order valence-electron chi connectivity index (χ2n) is 5.54. The van der Waals surface area contributed by atoms with Crippen molar-refractivity contribution in [2.24, 2.45) is 11.5 Å². The molecule has 0 atom stereocenters. The van der Waals surface area contributed by atoms with E-state index in [1.54, 1.807) is 12.1 Å². The Kier molecular flexibility index (Phi) is 7.11. The van der Waals surface area contributed by atoms with Crippen molar-refractivity contribution in [3.63, 3.8) is 0 Å². The van der Waals surface area contributed by atoms with Crippen LogP contribution in [-0.2, 0) is 6.54 Å². The van der Waals surface area contributed by atoms with Crippen LogP contribution in [0.5, 0.6) is 11.5 Å². The normalized spacial score (nSPS) is 10.4. The lowest BCUT2D eigenvalue weighted by atomic mass is 10.2. The lowest BCUT2D eigenvalue weighted by Gasteiger charge is -2.08. The minimum atomic E-state index is 0.0687. The second kappa shape index (κ2) is 9.57. The molecule has 5 heteroatoms. The van der Waals surface area contributed by atoms with E-state index in [1.807, 2.05) is 36.4 Å². The Balaban J connectivity index is 1.55. The highest BCUT2D eigenvalue weighted by Crippen LogP contribution is 2.14. The average molecular weight is 327 g/mol. The molecule has 128 valence electrons. The Morgan fingerprint density at radius 1 is 0.792 bits per heavy atom. The molecule has 0 saturated carbocycles. The zero-order valence-electron chi connectivity index (χ0n) is 13.8. The minimum Gasteiger partial charge on any atom is -0.494 e. The van der Waals surface area contributed by atoms with Gasteiger partial charge in [-0.1, -0.05) is 12.1 Å². The number of nitrogens with two attached hydrogens (primary N) is 2. The molecular weight excluding hydrogens is 302 g/mol. The predicted molar refractivity (Wildman–Crippen MR) is 96.6 cm³/mol. The maximum Gasteiger partial charge on any atom is 0.122 e. The van der Waals surface area contributed by atoms with Gasteiger partial charge in [-0.3, -0.25) is 5.41 Å². The van der Waals surface area contributed by atoms with E-state index >= 15 is 0 Å². The molecule has 2 rings (SSSR count). The van der Waals surface area contributed by atoms with Crippen LogP contribution < -0.4 is 20.9 Å². The third-order valence-electron chi connectivity index (χ3n) is 3.65. The lowest BCUT2D eigenvalue weighted by Crippen LogP contribution is -2.10. The molecule has 0 amide bonds. The number of benzene rings is 2. The Bertz CT molecular complexity index is 624. The number of ether oxygens (including phenoxy) is 2. The summed E-state index contributed by atoms with van der Waals surface area (Å²) in [5.74, 6) is 1.75. The van der Waals surface area contributed by atoms with Gasteiger partial charge in [0.05, 0.1) is 13.2 Å². The summed E-state index contributed by atoms with van der Waals surface area (Å²) >= 11 is 0. The smallest absolute Gasteiger partial charge is 0.122 e. The molecule has 5 nitrogen and oxygen atoms in total. The van der Waals surface area contributed by atoms with Crippen molar-refractivity contribution >= 4 is 5.84 Å². The number of rotatable bonds is 10. The first-order valence-corrected chi connectivity index (χ1v) is 8.18. The van der Waals surface area contributed by atoms with Crippen molar-refractivity contribution in [3.05, 3.63) is 59.7 Å². The number of hydrogen-bond donors (Lipinski definition) is 3. The van der Waals surface area contributed by atoms with Crippen LogP contribution in [0.15, 0.2) is 48.5 Å². The average Bonchev–Trinajstić information content (AvgIpc) is 2.62. The highest BCUT2D eigenvalue weighted by molar-refractivity contribution is 5.94. The molecule has 2 aromatic carbocycles. The van der Waals surface area contributed by atoms with Gasteiger partial charge in [0.15, 0.2) is 0 Å². The number of unbranched alkanes of at least 4 members (excludes halogenated alkanes) is 2. The van der Waals surface area contributed by atoms with Gasteiger partial charge in [0.2, 0.25) is 0 Å². The van der Waals surface area contributed by atoms with Gasteiger partial charge in [-0.15, -0.1) is 0 Å². The number of nitrogens with one attached hydrogen (secondary N) is 1. The first kappa shape index (κ1) is 17.8. The van der Waals surface area contributed by atoms with E-state index in [2.05, 4.69) is 0 Å². The number of amidine groups is 1. The van der Waals surface area contributed by atoms with Gasteiger partial charge in [-0.2, -0.15) is 0 Å². The molecule has 24 heavy (non-hydrogen) atoms. The third-order valence-corrected chi connectivity index (χ3v) is 3.65. The topological polar surface area (TPSA) is 94.4 Å². The second-order valence-corrected chi connectivity index (χ2v) is 5.54. The molecule has 0 fully saturated rings. The summed E-state index contributed by atoms with van der Waals surface area (Å²) in [6.45, 7) is 1.93. The van der Waals surface area contributed by atoms with E-state index in [-0.39, 0.29) is 5.84 Å². The molecule has 0 bridgehead atoms. The maximum absolute atomic E-state index is 7.34. The van der Waals surface area contributed by atoms with Gasteiger partial charge in [-0.05, 0) is 61.2 Å². The highest BCUT2D eigenvalue weighted by Gasteiger charge is 1.98. The Hall–Kier alpha value is -2.53. The van der Waals surface area contributed by atoms with E-state index in [0.717, 1.165) is 36.3 Å². The largest absolute Gasteiger partial charge is 0.494 e. The van der Waals surface area contributed by atoms with Crippen LogP contribution in [-0.4, -0.2) is 19.0 Å². The SMILES string of the molecule is N=C(N)c1ccc(OCCCCCOc2ccc(CN)cc2)cc1. The molecule has 0 radical (unpaired) electrons. The zero-order chi connectivity index (χ0) is 17.2. The summed E-state index contributed by atoms with van der Waals surface area (Å²) in [6.07, 6.45) is 3.02. The molecule has 0 saturated heterocycles. The fourth-order valence-electron chi connectivity index (χ4n) is 2.21. The molecule has 0 aliphatic heterocycles. The minimum absolute atomic E-state index is 0.0687. The molecule has 0 unspecified atom stereocenters. The van der Waals surface area contributed by atoms with Crippen molar-refractivity contribution in [1.29, 1.82) is 5.41 Å². The first-order chi connectivity index (χ1) is 11.7. The van der Waals surface area contributed by atoms with Crippen LogP contribution in [0, 0.1) is 5.41 Å². The summed E-state index contributed by atoms with van der Waals surface area (Å²) in [7, 11) is 0. The number of hydrogen-bond acceptors (Lipinski definition) is 4. The fourth-order valence-corrected chi connectivity index (χ4v) is 2.21. The summed E-state index contributed by atoms with van der Waals surface area (Å²) in [5, 5.41) is 7.34. The Morgan fingerprint density at radius 2 is 1.29 bits per heavy atom. The van der Waals surface area contributed by atoms with Gasteiger partial charge in [0, 0.05) is 12.1 Å². The molecule has 0 aliphatic rings. The quantitative estimate of drug-likeness (QED) is 0.355. The summed E-state index contributed by atoms with van der Waals surface area (Å²) < 4.78 is 11.4. The van der Waals surface area contributed by atoms with Crippen LogP contribution in [0.1, 0.15) is 30.4 Å². The van der Waals surface area contributed by atoms with Gasteiger partial charge >= 0.3 is 0 Å². The van der Waals surface area contributed by atoms with E-state index in [1.165, 1.54) is 0 Å². The summed E-state index contributed by atoms with van der Waals surface area (Å²) in [4.78, 5) is 0. The molecule has 0 spiro atoms. The van der Waals surface area contributed by atoms with Crippen LogP contribution in [0.2, 0.25) is 0 Å². The zero-order valence-corrected chi connectivity index (χ0v) is 13.8. The van der Waals surface area contributed by atoms with E-state index in [4.69, 9.17) is 26.4 Å². The highest BCUT2D eigenvalue weighted by atomic mass is 16.5. The van der Waals surface area contributed by atoms with Crippen molar-refractivity contribution < 1.29 is 9.47 Å².